The summed E-state index contributed by atoms with van der Waals surface area (Å²) in [4.78, 5) is 11.4. The number of hydrogen-bond acceptors (Lipinski definition) is 3. The summed E-state index contributed by atoms with van der Waals surface area (Å²) in [7, 11) is 0. The van der Waals surface area contributed by atoms with Crippen molar-refractivity contribution in [3.63, 3.8) is 0 Å². The number of benzene rings is 2. The fourth-order valence-electron chi connectivity index (χ4n) is 2.17. The molecule has 0 saturated carbocycles. The minimum Gasteiger partial charge on any atom is -0.482 e. The SMILES string of the molecule is O=C1COc2ccc(C(O)c3cc(Cl)ccc3Br)cc2N1. The molecule has 1 aliphatic rings. The summed E-state index contributed by atoms with van der Waals surface area (Å²) in [5.41, 5.74) is 1.86. The number of ether oxygens (including phenoxy) is 1. The first kappa shape index (κ1) is 14.4. The maximum atomic E-state index is 11.4. The van der Waals surface area contributed by atoms with E-state index in [1.807, 2.05) is 0 Å². The average molecular weight is 369 g/mol. The van der Waals surface area contributed by atoms with Gasteiger partial charge >= 0.3 is 0 Å². The summed E-state index contributed by atoms with van der Waals surface area (Å²) in [6, 6.07) is 10.4. The second kappa shape index (κ2) is 5.67. The van der Waals surface area contributed by atoms with E-state index in [1.54, 1.807) is 36.4 Å². The molecule has 2 N–H and O–H groups in total. The minimum atomic E-state index is -0.859. The summed E-state index contributed by atoms with van der Waals surface area (Å²) < 4.78 is 6.06. The molecule has 3 rings (SSSR count). The van der Waals surface area contributed by atoms with Gasteiger partial charge in [-0.15, -0.1) is 0 Å². The standard InChI is InChI=1S/C15H11BrClNO3/c16-11-3-2-9(17)6-10(11)15(20)8-1-4-13-12(5-8)18-14(19)7-21-13/h1-6,15,20H,7H2,(H,18,19). The number of aliphatic hydroxyl groups excluding tert-OH is 1. The molecule has 0 aliphatic carbocycles. The van der Waals surface area contributed by atoms with E-state index < -0.39 is 6.10 Å². The van der Waals surface area contributed by atoms with Crippen molar-refractivity contribution >= 4 is 39.1 Å². The molecule has 0 radical (unpaired) electrons. The van der Waals surface area contributed by atoms with Gasteiger partial charge in [-0.1, -0.05) is 33.6 Å². The lowest BCUT2D eigenvalue weighted by Crippen LogP contribution is -2.25. The van der Waals surface area contributed by atoms with Crippen molar-refractivity contribution < 1.29 is 14.6 Å². The zero-order valence-corrected chi connectivity index (χ0v) is 13.1. The first-order valence-corrected chi connectivity index (χ1v) is 7.41. The van der Waals surface area contributed by atoms with Crippen molar-refractivity contribution in [1.29, 1.82) is 0 Å². The van der Waals surface area contributed by atoms with E-state index in [2.05, 4.69) is 21.2 Å². The molecule has 1 amide bonds. The molecule has 4 nitrogen and oxygen atoms in total. The fourth-order valence-corrected chi connectivity index (χ4v) is 2.82. The van der Waals surface area contributed by atoms with Gasteiger partial charge in [0.05, 0.1) is 5.69 Å². The van der Waals surface area contributed by atoms with Crippen LogP contribution in [-0.2, 0) is 4.79 Å². The van der Waals surface area contributed by atoms with Gasteiger partial charge in [0.1, 0.15) is 11.9 Å². The molecular formula is C15H11BrClNO3. The molecule has 1 aliphatic heterocycles. The highest BCUT2D eigenvalue weighted by Crippen LogP contribution is 2.35. The van der Waals surface area contributed by atoms with Gasteiger partial charge in [-0.3, -0.25) is 4.79 Å². The number of halogens is 2. The molecular weight excluding hydrogens is 358 g/mol. The topological polar surface area (TPSA) is 58.6 Å². The Balaban J connectivity index is 1.98. The molecule has 1 heterocycles. The summed E-state index contributed by atoms with van der Waals surface area (Å²) in [6.45, 7) is 0.00867. The van der Waals surface area contributed by atoms with Crippen LogP contribution >= 0.6 is 27.5 Å². The van der Waals surface area contributed by atoms with Crippen LogP contribution in [0.25, 0.3) is 0 Å². The maximum Gasteiger partial charge on any atom is 0.262 e. The van der Waals surface area contributed by atoms with Crippen molar-refractivity contribution in [3.05, 3.63) is 57.0 Å². The number of nitrogens with one attached hydrogen (secondary N) is 1. The zero-order valence-electron chi connectivity index (χ0n) is 10.8. The van der Waals surface area contributed by atoms with E-state index >= 15 is 0 Å². The second-order valence-electron chi connectivity index (χ2n) is 4.66. The molecule has 0 saturated heterocycles. The summed E-state index contributed by atoms with van der Waals surface area (Å²) in [5.74, 6) is 0.383. The van der Waals surface area contributed by atoms with Gasteiger partial charge in [-0.2, -0.15) is 0 Å². The van der Waals surface area contributed by atoms with Crippen LogP contribution in [0.1, 0.15) is 17.2 Å². The van der Waals surface area contributed by atoms with Crippen molar-refractivity contribution in [2.75, 3.05) is 11.9 Å². The number of hydrogen-bond donors (Lipinski definition) is 2. The van der Waals surface area contributed by atoms with E-state index in [4.69, 9.17) is 16.3 Å². The lowest BCUT2D eigenvalue weighted by atomic mass is 10.0. The van der Waals surface area contributed by atoms with Crippen molar-refractivity contribution in [2.24, 2.45) is 0 Å². The molecule has 1 unspecified atom stereocenters. The third-order valence-electron chi connectivity index (χ3n) is 3.20. The van der Waals surface area contributed by atoms with Crippen LogP contribution in [0.4, 0.5) is 5.69 Å². The van der Waals surface area contributed by atoms with Crippen LogP contribution in [0, 0.1) is 0 Å². The van der Waals surface area contributed by atoms with Gasteiger partial charge in [0, 0.05) is 15.1 Å². The molecule has 0 spiro atoms. The quantitative estimate of drug-likeness (QED) is 0.853. The van der Waals surface area contributed by atoms with Crippen LogP contribution in [0.15, 0.2) is 40.9 Å². The Hall–Kier alpha value is -1.56. The van der Waals surface area contributed by atoms with Crippen molar-refractivity contribution in [2.45, 2.75) is 6.10 Å². The Morgan fingerprint density at radius 1 is 1.29 bits per heavy atom. The predicted octanol–water partition coefficient (Wildman–Crippen LogP) is 3.52. The van der Waals surface area contributed by atoms with Crippen LogP contribution < -0.4 is 10.1 Å². The molecule has 2 aromatic carbocycles. The Morgan fingerprint density at radius 2 is 2.10 bits per heavy atom. The lowest BCUT2D eigenvalue weighted by molar-refractivity contribution is -0.118. The van der Waals surface area contributed by atoms with E-state index in [-0.39, 0.29) is 12.5 Å². The predicted molar refractivity (Wildman–Crippen MR) is 83.8 cm³/mol. The molecule has 108 valence electrons. The fraction of sp³-hybridized carbons (Fsp3) is 0.133. The van der Waals surface area contributed by atoms with Crippen molar-refractivity contribution in [3.8, 4) is 5.75 Å². The van der Waals surface area contributed by atoms with Crippen LogP contribution in [-0.4, -0.2) is 17.6 Å². The highest BCUT2D eigenvalue weighted by Gasteiger charge is 2.20. The van der Waals surface area contributed by atoms with E-state index in [0.717, 1.165) is 4.47 Å². The summed E-state index contributed by atoms with van der Waals surface area (Å²) in [6.07, 6.45) is -0.859. The third kappa shape index (κ3) is 2.90. The van der Waals surface area contributed by atoms with Crippen LogP contribution in [0.3, 0.4) is 0 Å². The summed E-state index contributed by atoms with van der Waals surface area (Å²) in [5, 5.41) is 13.8. The number of rotatable bonds is 2. The largest absolute Gasteiger partial charge is 0.482 e. The number of carbonyl (C=O) groups is 1. The average Bonchev–Trinajstić information content (AvgIpc) is 2.48. The normalized spacial score (nSPS) is 14.9. The second-order valence-corrected chi connectivity index (χ2v) is 5.95. The van der Waals surface area contributed by atoms with E-state index in [9.17, 15) is 9.90 Å². The number of anilines is 1. The van der Waals surface area contributed by atoms with Gasteiger partial charge in [0.25, 0.3) is 5.91 Å². The molecule has 21 heavy (non-hydrogen) atoms. The zero-order chi connectivity index (χ0) is 15.0. The number of carbonyl (C=O) groups excluding carboxylic acids is 1. The highest BCUT2D eigenvalue weighted by atomic mass is 79.9. The van der Waals surface area contributed by atoms with Crippen LogP contribution in [0.2, 0.25) is 5.02 Å². The molecule has 1 atom stereocenters. The van der Waals surface area contributed by atoms with Gasteiger partial charge in [-0.25, -0.2) is 0 Å². The van der Waals surface area contributed by atoms with Gasteiger partial charge in [-0.05, 0) is 35.9 Å². The minimum absolute atomic E-state index is 0.00867. The molecule has 6 heteroatoms. The van der Waals surface area contributed by atoms with Gasteiger partial charge < -0.3 is 15.2 Å². The lowest BCUT2D eigenvalue weighted by Gasteiger charge is -2.20. The molecule has 0 fully saturated rings. The number of aliphatic hydroxyl groups is 1. The summed E-state index contributed by atoms with van der Waals surface area (Å²) >= 11 is 9.37. The number of amides is 1. The highest BCUT2D eigenvalue weighted by molar-refractivity contribution is 9.10. The van der Waals surface area contributed by atoms with Crippen LogP contribution in [0.5, 0.6) is 5.75 Å². The Kier molecular flexibility index (Phi) is 3.89. The molecule has 0 aromatic heterocycles. The maximum absolute atomic E-state index is 11.4. The Labute approximate surface area is 134 Å². The third-order valence-corrected chi connectivity index (χ3v) is 4.16. The first-order chi connectivity index (χ1) is 10.0. The smallest absolute Gasteiger partial charge is 0.262 e. The Bertz CT molecular complexity index is 720. The van der Waals surface area contributed by atoms with Gasteiger partial charge in [0.2, 0.25) is 0 Å². The van der Waals surface area contributed by atoms with E-state index in [1.165, 1.54) is 0 Å². The first-order valence-electron chi connectivity index (χ1n) is 6.24. The molecule has 0 bridgehead atoms. The van der Waals surface area contributed by atoms with Gasteiger partial charge in [0.15, 0.2) is 6.61 Å². The van der Waals surface area contributed by atoms with Crippen molar-refractivity contribution in [1.82, 2.24) is 0 Å². The monoisotopic (exact) mass is 367 g/mol. The van der Waals surface area contributed by atoms with E-state index in [0.29, 0.717) is 27.6 Å². The Morgan fingerprint density at radius 3 is 2.90 bits per heavy atom. The number of fused-ring (bicyclic) bond motifs is 1. The molecule has 2 aromatic rings.